The topological polar surface area (TPSA) is 3.24 Å². The number of benzene rings is 3. The molecular formula is C38H54FN. The van der Waals surface area contributed by atoms with Gasteiger partial charge in [0, 0.05) is 0 Å². The van der Waals surface area contributed by atoms with E-state index in [1.165, 1.54) is 112 Å². The molecule has 4 rings (SSSR count). The van der Waals surface area contributed by atoms with Gasteiger partial charge in [0.2, 0.25) is 0 Å². The van der Waals surface area contributed by atoms with Crippen molar-refractivity contribution in [2.45, 2.75) is 111 Å². The van der Waals surface area contributed by atoms with Crippen LogP contribution in [0, 0.1) is 5.82 Å². The van der Waals surface area contributed by atoms with Crippen molar-refractivity contribution < 1.29 is 4.39 Å². The van der Waals surface area contributed by atoms with Crippen LogP contribution in [-0.2, 0) is 32.1 Å². The molecule has 3 aromatic rings. The summed E-state index contributed by atoms with van der Waals surface area (Å²) < 4.78 is 12.4. The Bertz CT molecular complexity index is 1080. The number of rotatable bonds is 13. The van der Waals surface area contributed by atoms with Gasteiger partial charge in [0.25, 0.3) is 0 Å². The number of hydrogen-bond acceptors (Lipinski definition) is 1. The second-order valence-electron chi connectivity index (χ2n) is 11.8. The van der Waals surface area contributed by atoms with E-state index in [-0.39, 0.29) is 5.82 Å². The molecule has 0 spiro atoms. The summed E-state index contributed by atoms with van der Waals surface area (Å²) in [7, 11) is 0. The van der Waals surface area contributed by atoms with Crippen molar-refractivity contribution in [3.63, 3.8) is 0 Å². The molecule has 0 amide bonds. The molecule has 0 bridgehead atoms. The van der Waals surface area contributed by atoms with Gasteiger partial charge in [-0.3, -0.25) is 0 Å². The minimum Gasteiger partial charge on any atom is -0.303 e. The average molecular weight is 544 g/mol. The highest BCUT2D eigenvalue weighted by Gasteiger charge is 2.13. The van der Waals surface area contributed by atoms with Crippen LogP contribution >= 0.6 is 0 Å². The van der Waals surface area contributed by atoms with Crippen LogP contribution in [-0.4, -0.2) is 24.5 Å². The molecule has 1 saturated heterocycles. The molecule has 2 heteroatoms. The van der Waals surface area contributed by atoms with Crippen molar-refractivity contribution in [3.8, 4) is 0 Å². The van der Waals surface area contributed by atoms with Crippen LogP contribution < -0.4 is 0 Å². The van der Waals surface area contributed by atoms with Crippen LogP contribution in [0.15, 0.2) is 66.7 Å². The normalized spacial score (nSPS) is 14.4. The summed E-state index contributed by atoms with van der Waals surface area (Å²) in [6, 6.07) is 23.4. The molecule has 40 heavy (non-hydrogen) atoms. The highest BCUT2D eigenvalue weighted by molar-refractivity contribution is 5.36. The predicted molar refractivity (Wildman–Crippen MR) is 172 cm³/mol. The molecule has 1 nitrogen and oxygen atoms in total. The first kappa shape index (κ1) is 32.1. The third kappa shape index (κ3) is 11.2. The van der Waals surface area contributed by atoms with Crippen molar-refractivity contribution in [1.29, 1.82) is 0 Å². The Morgan fingerprint density at radius 2 is 1.27 bits per heavy atom. The fraction of sp³-hybridized carbons (Fsp3) is 0.526. The number of unbranched alkanes of at least 4 members (excludes halogenated alkanes) is 1. The van der Waals surface area contributed by atoms with E-state index < -0.39 is 0 Å². The molecule has 0 saturated carbocycles. The zero-order valence-corrected chi connectivity index (χ0v) is 25.9. The Hall–Kier alpha value is -2.45. The molecule has 1 aliphatic heterocycles. The van der Waals surface area contributed by atoms with Crippen molar-refractivity contribution in [2.75, 3.05) is 19.6 Å². The number of aryl methyl sites for hydroxylation is 4. The highest BCUT2D eigenvalue weighted by atomic mass is 19.1. The summed E-state index contributed by atoms with van der Waals surface area (Å²) in [6.45, 7) is 13.0. The summed E-state index contributed by atoms with van der Waals surface area (Å²) in [5, 5.41) is 0. The van der Waals surface area contributed by atoms with E-state index in [9.17, 15) is 4.39 Å². The molecule has 1 fully saturated rings. The molecule has 218 valence electrons. The Kier molecular flexibility index (Phi) is 14.5. The maximum atomic E-state index is 12.4. The fourth-order valence-corrected chi connectivity index (χ4v) is 5.87. The van der Waals surface area contributed by atoms with E-state index in [0.29, 0.717) is 5.92 Å². The molecule has 1 atom stereocenters. The molecule has 1 heterocycles. The van der Waals surface area contributed by atoms with Gasteiger partial charge in [0.15, 0.2) is 0 Å². The van der Waals surface area contributed by atoms with Gasteiger partial charge >= 0.3 is 0 Å². The predicted octanol–water partition coefficient (Wildman–Crippen LogP) is 10.1. The first-order valence-corrected chi connectivity index (χ1v) is 16.2. The van der Waals surface area contributed by atoms with Crippen LogP contribution in [0.4, 0.5) is 4.39 Å². The lowest BCUT2D eigenvalue weighted by Crippen LogP contribution is -2.30. The van der Waals surface area contributed by atoms with Crippen molar-refractivity contribution in [3.05, 3.63) is 106 Å². The summed E-state index contributed by atoms with van der Waals surface area (Å²) in [5.41, 5.74) is 8.78. The Morgan fingerprint density at radius 1 is 0.675 bits per heavy atom. The summed E-state index contributed by atoms with van der Waals surface area (Å²) in [5.74, 6) is 0.428. The summed E-state index contributed by atoms with van der Waals surface area (Å²) in [4.78, 5) is 2.65. The van der Waals surface area contributed by atoms with Crippen LogP contribution in [0.2, 0.25) is 0 Å². The van der Waals surface area contributed by atoms with Crippen LogP contribution in [0.1, 0.15) is 112 Å². The number of likely N-dealkylation sites (tertiary alicyclic amines) is 1. The third-order valence-corrected chi connectivity index (χ3v) is 8.35. The first-order valence-electron chi connectivity index (χ1n) is 16.2. The molecule has 1 unspecified atom stereocenters. The Balaban J connectivity index is 0.000000336. The molecule has 0 N–H and O–H groups in total. The number of piperidine rings is 1. The van der Waals surface area contributed by atoms with Crippen LogP contribution in [0.3, 0.4) is 0 Å². The highest BCUT2D eigenvalue weighted by Crippen LogP contribution is 2.26. The van der Waals surface area contributed by atoms with E-state index >= 15 is 0 Å². The SMILES string of the molecule is CCCCc1ccc(F)cc1.CCCc1cc(CC)ccc1C(C)Cc1ccc(CCCN2CCCCC2)cc1. The van der Waals surface area contributed by atoms with Gasteiger partial charge in [0.1, 0.15) is 5.82 Å². The van der Waals surface area contributed by atoms with Gasteiger partial charge in [-0.15, -0.1) is 0 Å². The third-order valence-electron chi connectivity index (χ3n) is 8.35. The lowest BCUT2D eigenvalue weighted by atomic mass is 9.87. The second kappa shape index (κ2) is 18.1. The van der Waals surface area contributed by atoms with E-state index in [1.54, 1.807) is 11.1 Å². The number of hydrogen-bond donors (Lipinski definition) is 0. The zero-order chi connectivity index (χ0) is 28.6. The van der Waals surface area contributed by atoms with Crippen LogP contribution in [0.5, 0.6) is 0 Å². The van der Waals surface area contributed by atoms with Gasteiger partial charge in [-0.25, -0.2) is 4.39 Å². The molecule has 0 aliphatic carbocycles. The largest absolute Gasteiger partial charge is 0.303 e. The van der Waals surface area contributed by atoms with Crippen molar-refractivity contribution in [1.82, 2.24) is 4.90 Å². The lowest BCUT2D eigenvalue weighted by Gasteiger charge is -2.26. The molecular weight excluding hydrogens is 489 g/mol. The van der Waals surface area contributed by atoms with Gasteiger partial charge in [0.05, 0.1) is 0 Å². The van der Waals surface area contributed by atoms with Gasteiger partial charge in [-0.2, -0.15) is 0 Å². The average Bonchev–Trinajstić information content (AvgIpc) is 2.99. The Labute approximate surface area is 245 Å². The molecule has 3 aromatic carbocycles. The van der Waals surface area contributed by atoms with Gasteiger partial charge < -0.3 is 4.90 Å². The lowest BCUT2D eigenvalue weighted by molar-refractivity contribution is 0.226. The van der Waals surface area contributed by atoms with Crippen molar-refractivity contribution >= 4 is 0 Å². The zero-order valence-electron chi connectivity index (χ0n) is 25.9. The maximum Gasteiger partial charge on any atom is 0.123 e. The second-order valence-corrected chi connectivity index (χ2v) is 11.8. The minimum absolute atomic E-state index is 0.148. The monoisotopic (exact) mass is 543 g/mol. The van der Waals surface area contributed by atoms with Gasteiger partial charge in [-0.1, -0.05) is 102 Å². The standard InChI is InChI=1S/C28H41N.C10H13F/c1-4-10-27-22-24(5-2)16-17-28(27)23(3)21-26-14-12-25(13-15-26)11-9-20-29-18-7-6-8-19-29;1-2-3-4-9-5-7-10(11)8-6-9/h12-17,22-23H,4-11,18-21H2,1-3H3;5-8H,2-4H2,1H3. The summed E-state index contributed by atoms with van der Waals surface area (Å²) >= 11 is 0. The first-order chi connectivity index (χ1) is 19.5. The smallest absolute Gasteiger partial charge is 0.123 e. The molecule has 0 aromatic heterocycles. The molecule has 1 aliphatic rings. The van der Waals surface area contributed by atoms with Crippen LogP contribution in [0.25, 0.3) is 0 Å². The van der Waals surface area contributed by atoms with E-state index in [4.69, 9.17) is 0 Å². The fourth-order valence-electron chi connectivity index (χ4n) is 5.87. The van der Waals surface area contributed by atoms with Gasteiger partial charge in [-0.05, 0) is 129 Å². The number of nitrogens with zero attached hydrogens (tertiary/aromatic N) is 1. The minimum atomic E-state index is -0.148. The van der Waals surface area contributed by atoms with E-state index in [2.05, 4.69) is 75.1 Å². The quantitative estimate of drug-likeness (QED) is 0.207. The van der Waals surface area contributed by atoms with E-state index in [0.717, 1.165) is 19.3 Å². The Morgan fingerprint density at radius 3 is 1.90 bits per heavy atom. The maximum absolute atomic E-state index is 12.4. The van der Waals surface area contributed by atoms with E-state index in [1.807, 2.05) is 12.1 Å². The summed E-state index contributed by atoms with van der Waals surface area (Å²) in [6.07, 6.45) is 14.9. The van der Waals surface area contributed by atoms with Crippen molar-refractivity contribution in [2.24, 2.45) is 0 Å². The number of halogens is 1. The molecule has 0 radical (unpaired) electrons.